The van der Waals surface area contributed by atoms with E-state index < -0.39 is 0 Å². The zero-order valence-corrected chi connectivity index (χ0v) is 9.68. The number of hydrogen-bond acceptors (Lipinski definition) is 2. The molecule has 0 aliphatic rings. The summed E-state index contributed by atoms with van der Waals surface area (Å²) in [6.07, 6.45) is 10.2. The molecule has 0 aliphatic heterocycles. The Morgan fingerprint density at radius 2 is 1.40 bits per heavy atom. The second-order valence-corrected chi connectivity index (χ2v) is 3.81. The number of carbonyl (C=O) groups excluding carboxylic acids is 1. The average molecular weight is 224 g/mol. The maximum absolute atomic E-state index is 10.4. The van der Waals surface area contributed by atoms with Crippen molar-refractivity contribution in [1.29, 1.82) is 0 Å². The monoisotopic (exact) mass is 224 g/mol. The predicted molar refractivity (Wildman–Crippen MR) is 66.4 cm³/mol. The molecule has 3 heteroatoms. The maximum atomic E-state index is 10.4. The molecule has 15 heavy (non-hydrogen) atoms. The fourth-order valence-corrected chi connectivity index (χ4v) is 1.45. The molecule has 0 rings (SSSR count). The van der Waals surface area contributed by atoms with Gasteiger partial charge in [-0.2, -0.15) is 0 Å². The fourth-order valence-electron chi connectivity index (χ4n) is 1.45. The van der Waals surface area contributed by atoms with Crippen LogP contribution in [-0.4, -0.2) is 42.1 Å². The van der Waals surface area contributed by atoms with Crippen molar-refractivity contribution in [3.63, 3.8) is 0 Å². The van der Waals surface area contributed by atoms with E-state index in [2.05, 4.69) is 6.92 Å². The summed E-state index contributed by atoms with van der Waals surface area (Å²) in [4.78, 5) is 10.4. The van der Waals surface area contributed by atoms with E-state index in [1.54, 1.807) is 0 Å². The van der Waals surface area contributed by atoms with Gasteiger partial charge in [-0.15, -0.1) is 0 Å². The molecule has 0 atom stereocenters. The number of ether oxygens (including phenoxy) is 1. The van der Waals surface area contributed by atoms with Crippen molar-refractivity contribution in [2.24, 2.45) is 0 Å². The topological polar surface area (TPSA) is 26.3 Å². The van der Waals surface area contributed by atoms with Crippen molar-refractivity contribution >= 4 is 35.5 Å². The van der Waals surface area contributed by atoms with Gasteiger partial charge in [0.1, 0.15) is 0 Å². The molecular weight excluding hydrogens is 199 g/mol. The van der Waals surface area contributed by atoms with Gasteiger partial charge in [-0.25, -0.2) is 0 Å². The van der Waals surface area contributed by atoms with Gasteiger partial charge < -0.3 is 4.74 Å². The van der Waals surface area contributed by atoms with Gasteiger partial charge in [0.2, 0.25) is 0 Å². The SMILES string of the molecule is CCCCCCCCCCOC(C)=O.[NaH]. The summed E-state index contributed by atoms with van der Waals surface area (Å²) in [6.45, 7) is 4.30. The molecule has 0 heterocycles. The standard InChI is InChI=1S/C12H24O2.Na.H/c1-3-4-5-6-7-8-9-10-11-14-12(2)13;;/h3-11H2,1-2H3;;. The Labute approximate surface area is 116 Å². The van der Waals surface area contributed by atoms with Crippen LogP contribution in [0.5, 0.6) is 0 Å². The Bertz CT molecular complexity index is 138. The summed E-state index contributed by atoms with van der Waals surface area (Å²) in [5.41, 5.74) is 0. The van der Waals surface area contributed by atoms with Gasteiger partial charge in [-0.1, -0.05) is 51.9 Å². The zero-order chi connectivity index (χ0) is 10.6. The first-order chi connectivity index (χ1) is 6.77. The number of unbranched alkanes of at least 4 members (excludes halogenated alkanes) is 7. The number of esters is 1. The van der Waals surface area contributed by atoms with Crippen molar-refractivity contribution in [2.75, 3.05) is 6.61 Å². The summed E-state index contributed by atoms with van der Waals surface area (Å²) in [6, 6.07) is 0. The average Bonchev–Trinajstić information content (AvgIpc) is 2.15. The molecule has 2 nitrogen and oxygen atoms in total. The summed E-state index contributed by atoms with van der Waals surface area (Å²) in [7, 11) is 0. The van der Waals surface area contributed by atoms with E-state index in [0.717, 1.165) is 6.42 Å². The van der Waals surface area contributed by atoms with E-state index in [0.29, 0.717) is 6.61 Å². The van der Waals surface area contributed by atoms with Crippen LogP contribution in [0.1, 0.15) is 65.2 Å². The van der Waals surface area contributed by atoms with E-state index in [1.165, 1.54) is 51.9 Å². The van der Waals surface area contributed by atoms with E-state index in [-0.39, 0.29) is 35.5 Å². The van der Waals surface area contributed by atoms with Crippen molar-refractivity contribution < 1.29 is 9.53 Å². The third-order valence-corrected chi connectivity index (χ3v) is 2.30. The van der Waals surface area contributed by atoms with Crippen LogP contribution in [0, 0.1) is 0 Å². The van der Waals surface area contributed by atoms with Crippen LogP contribution < -0.4 is 0 Å². The van der Waals surface area contributed by atoms with E-state index in [4.69, 9.17) is 4.74 Å². The first-order valence-electron chi connectivity index (χ1n) is 5.90. The Hall–Kier alpha value is 0.470. The molecule has 0 bridgehead atoms. The second-order valence-electron chi connectivity index (χ2n) is 3.81. The van der Waals surface area contributed by atoms with E-state index >= 15 is 0 Å². The van der Waals surface area contributed by atoms with Gasteiger partial charge in [0.25, 0.3) is 0 Å². The molecule has 0 fully saturated rings. The van der Waals surface area contributed by atoms with Gasteiger partial charge in [-0.3, -0.25) is 4.79 Å². The molecule has 0 saturated heterocycles. The Morgan fingerprint density at radius 3 is 1.87 bits per heavy atom. The molecule has 0 aromatic heterocycles. The first-order valence-corrected chi connectivity index (χ1v) is 5.90. The van der Waals surface area contributed by atoms with Crippen LogP contribution in [0.2, 0.25) is 0 Å². The van der Waals surface area contributed by atoms with E-state index in [9.17, 15) is 4.79 Å². The van der Waals surface area contributed by atoms with Crippen LogP contribution in [0.4, 0.5) is 0 Å². The summed E-state index contributed by atoms with van der Waals surface area (Å²) >= 11 is 0. The molecule has 0 spiro atoms. The third-order valence-electron chi connectivity index (χ3n) is 2.30. The van der Waals surface area contributed by atoms with Crippen LogP contribution in [-0.2, 0) is 9.53 Å². The summed E-state index contributed by atoms with van der Waals surface area (Å²) in [5.74, 6) is -0.159. The summed E-state index contributed by atoms with van der Waals surface area (Å²) < 4.78 is 4.85. The molecule has 0 amide bonds. The number of hydrogen-bond donors (Lipinski definition) is 0. The van der Waals surface area contributed by atoms with Crippen molar-refractivity contribution in [2.45, 2.75) is 65.2 Å². The van der Waals surface area contributed by atoms with Crippen molar-refractivity contribution in [3.05, 3.63) is 0 Å². The first kappa shape index (κ1) is 17.9. The van der Waals surface area contributed by atoms with Crippen LogP contribution in [0.3, 0.4) is 0 Å². The zero-order valence-electron chi connectivity index (χ0n) is 9.68. The molecule has 0 radical (unpaired) electrons. The van der Waals surface area contributed by atoms with Gasteiger partial charge in [-0.05, 0) is 6.42 Å². The number of carbonyl (C=O) groups is 1. The fraction of sp³-hybridized carbons (Fsp3) is 0.917. The Morgan fingerprint density at radius 1 is 0.933 bits per heavy atom. The number of rotatable bonds is 9. The van der Waals surface area contributed by atoms with Crippen LogP contribution >= 0.6 is 0 Å². The second kappa shape index (κ2) is 14.5. The Kier molecular flexibility index (Phi) is 17.2. The van der Waals surface area contributed by atoms with Gasteiger partial charge >= 0.3 is 35.5 Å². The molecule has 0 N–H and O–H groups in total. The predicted octanol–water partition coefficient (Wildman–Crippen LogP) is 3.04. The van der Waals surface area contributed by atoms with Crippen molar-refractivity contribution in [3.8, 4) is 0 Å². The molecule has 0 unspecified atom stereocenters. The molecule has 0 aromatic rings. The van der Waals surface area contributed by atoms with Crippen LogP contribution in [0.25, 0.3) is 0 Å². The van der Waals surface area contributed by atoms with Crippen molar-refractivity contribution in [1.82, 2.24) is 0 Å². The molecule has 0 aromatic carbocycles. The van der Waals surface area contributed by atoms with Gasteiger partial charge in [0.15, 0.2) is 0 Å². The van der Waals surface area contributed by atoms with E-state index in [1.807, 2.05) is 0 Å². The minimum atomic E-state index is -0.159. The molecule has 0 saturated carbocycles. The minimum absolute atomic E-state index is 0. The van der Waals surface area contributed by atoms with Gasteiger partial charge in [0.05, 0.1) is 6.61 Å². The van der Waals surface area contributed by atoms with Gasteiger partial charge in [0, 0.05) is 6.92 Å². The van der Waals surface area contributed by atoms with Crippen LogP contribution in [0.15, 0.2) is 0 Å². The quantitative estimate of drug-likeness (QED) is 0.342. The Balaban J connectivity index is 0. The molecular formula is C12H25NaO2. The normalized spacial score (nSPS) is 9.47. The molecule has 0 aliphatic carbocycles. The summed E-state index contributed by atoms with van der Waals surface area (Å²) in [5, 5.41) is 0. The third kappa shape index (κ3) is 17.1. The molecule has 86 valence electrons.